The zero-order chi connectivity index (χ0) is 12.8. The van der Waals surface area contributed by atoms with Gasteiger partial charge in [-0.05, 0) is 24.6 Å². The van der Waals surface area contributed by atoms with Gasteiger partial charge in [0.25, 0.3) is 0 Å². The van der Waals surface area contributed by atoms with Gasteiger partial charge in [0.15, 0.2) is 11.5 Å². The lowest BCUT2D eigenvalue weighted by atomic mass is 10.1. The number of nitrogens with one attached hydrogen (secondary N) is 1. The molecular formula is C11H15N3O3. The van der Waals surface area contributed by atoms with Crippen molar-refractivity contribution in [2.45, 2.75) is 13.3 Å². The highest BCUT2D eigenvalue weighted by Crippen LogP contribution is 2.26. The van der Waals surface area contributed by atoms with E-state index in [1.807, 2.05) is 6.92 Å². The first-order chi connectivity index (χ1) is 8.08. The van der Waals surface area contributed by atoms with Gasteiger partial charge in [0, 0.05) is 5.56 Å². The fourth-order valence-corrected chi connectivity index (χ4v) is 1.33. The minimum absolute atomic E-state index is 0.0505. The van der Waals surface area contributed by atoms with Crippen LogP contribution in [0.25, 0.3) is 0 Å². The number of nitrogens with two attached hydrogens (primary N) is 1. The Morgan fingerprint density at radius 1 is 1.59 bits per heavy atom. The fraction of sp³-hybridized carbons (Fsp3) is 0.273. The van der Waals surface area contributed by atoms with Crippen LogP contribution in [0, 0.1) is 0 Å². The van der Waals surface area contributed by atoms with Crippen LogP contribution in [0.4, 0.5) is 4.79 Å². The number of ether oxygens (including phenoxy) is 1. The van der Waals surface area contributed by atoms with Crippen LogP contribution in [0.2, 0.25) is 0 Å². The zero-order valence-corrected chi connectivity index (χ0v) is 9.73. The molecule has 0 bridgehead atoms. The van der Waals surface area contributed by atoms with Gasteiger partial charge in [-0.25, -0.2) is 10.2 Å². The molecule has 1 rings (SSSR count). The van der Waals surface area contributed by atoms with Crippen LogP contribution >= 0.6 is 0 Å². The minimum atomic E-state index is -0.721. The molecule has 0 aliphatic rings. The molecule has 4 N–H and O–H groups in total. The van der Waals surface area contributed by atoms with Crippen LogP contribution in [0.15, 0.2) is 23.3 Å². The third kappa shape index (κ3) is 3.37. The topological polar surface area (TPSA) is 96.9 Å². The van der Waals surface area contributed by atoms with Crippen LogP contribution in [0.3, 0.4) is 0 Å². The summed E-state index contributed by atoms with van der Waals surface area (Å²) < 4.78 is 4.99. The molecule has 17 heavy (non-hydrogen) atoms. The predicted octanol–water partition coefficient (Wildman–Crippen LogP) is 1.18. The van der Waals surface area contributed by atoms with Crippen molar-refractivity contribution in [3.05, 3.63) is 23.8 Å². The number of phenols is 1. The van der Waals surface area contributed by atoms with Crippen LogP contribution in [-0.4, -0.2) is 24.0 Å². The van der Waals surface area contributed by atoms with E-state index in [0.29, 0.717) is 17.9 Å². The monoisotopic (exact) mass is 237 g/mol. The molecule has 2 amide bonds. The van der Waals surface area contributed by atoms with Gasteiger partial charge in [0.2, 0.25) is 0 Å². The zero-order valence-electron chi connectivity index (χ0n) is 9.73. The molecule has 0 saturated heterocycles. The van der Waals surface area contributed by atoms with E-state index in [9.17, 15) is 9.90 Å². The second-order valence-corrected chi connectivity index (χ2v) is 3.27. The first-order valence-corrected chi connectivity index (χ1v) is 5.07. The van der Waals surface area contributed by atoms with E-state index in [2.05, 4.69) is 10.5 Å². The largest absolute Gasteiger partial charge is 0.504 e. The van der Waals surface area contributed by atoms with E-state index < -0.39 is 6.03 Å². The number of methoxy groups -OCH3 is 1. The Balaban J connectivity index is 3.03. The maximum atomic E-state index is 10.6. The van der Waals surface area contributed by atoms with Gasteiger partial charge in [0.1, 0.15) is 0 Å². The SMILES string of the molecule is CC/C(=N/NC(N)=O)c1ccc(O)c(OC)c1. The Morgan fingerprint density at radius 2 is 2.29 bits per heavy atom. The average molecular weight is 237 g/mol. The lowest BCUT2D eigenvalue weighted by Crippen LogP contribution is -2.25. The second-order valence-electron chi connectivity index (χ2n) is 3.27. The van der Waals surface area contributed by atoms with Gasteiger partial charge < -0.3 is 15.6 Å². The Hall–Kier alpha value is -2.24. The number of phenolic OH excluding ortho intramolecular Hbond substituents is 1. The van der Waals surface area contributed by atoms with Gasteiger partial charge in [-0.3, -0.25) is 0 Å². The molecule has 0 aliphatic heterocycles. The molecule has 0 spiro atoms. The van der Waals surface area contributed by atoms with Crippen molar-refractivity contribution in [2.75, 3.05) is 7.11 Å². The highest BCUT2D eigenvalue weighted by Gasteiger charge is 2.07. The molecule has 0 aliphatic carbocycles. The Morgan fingerprint density at radius 3 is 2.82 bits per heavy atom. The molecule has 0 radical (unpaired) electrons. The summed E-state index contributed by atoms with van der Waals surface area (Å²) in [6, 6.07) is 4.11. The van der Waals surface area contributed by atoms with Crippen LogP contribution in [0.5, 0.6) is 11.5 Å². The molecule has 92 valence electrons. The highest BCUT2D eigenvalue weighted by molar-refractivity contribution is 6.01. The van der Waals surface area contributed by atoms with Crippen molar-refractivity contribution >= 4 is 11.7 Å². The van der Waals surface area contributed by atoms with Crippen molar-refractivity contribution < 1.29 is 14.6 Å². The first-order valence-electron chi connectivity index (χ1n) is 5.07. The molecule has 6 nitrogen and oxygen atoms in total. The summed E-state index contributed by atoms with van der Waals surface area (Å²) in [5.41, 5.74) is 8.49. The van der Waals surface area contributed by atoms with Crippen molar-refractivity contribution in [3.8, 4) is 11.5 Å². The maximum absolute atomic E-state index is 10.6. The van der Waals surface area contributed by atoms with Crippen LogP contribution in [-0.2, 0) is 0 Å². The van der Waals surface area contributed by atoms with Gasteiger partial charge in [-0.2, -0.15) is 5.10 Å². The van der Waals surface area contributed by atoms with E-state index >= 15 is 0 Å². The minimum Gasteiger partial charge on any atom is -0.504 e. The van der Waals surface area contributed by atoms with E-state index in [4.69, 9.17) is 10.5 Å². The van der Waals surface area contributed by atoms with E-state index in [-0.39, 0.29) is 5.75 Å². The van der Waals surface area contributed by atoms with Crippen molar-refractivity contribution in [2.24, 2.45) is 10.8 Å². The third-order valence-corrected chi connectivity index (χ3v) is 2.15. The quantitative estimate of drug-likeness (QED) is 0.542. The number of carbonyl (C=O) groups is 1. The molecule has 6 heteroatoms. The van der Waals surface area contributed by atoms with Crippen molar-refractivity contribution in [1.82, 2.24) is 5.43 Å². The summed E-state index contributed by atoms with van der Waals surface area (Å²) in [6.45, 7) is 1.89. The maximum Gasteiger partial charge on any atom is 0.332 e. The normalized spacial score (nSPS) is 11.1. The smallest absolute Gasteiger partial charge is 0.332 e. The lowest BCUT2D eigenvalue weighted by molar-refractivity contribution is 0.249. The Bertz CT molecular complexity index is 444. The van der Waals surface area contributed by atoms with Gasteiger partial charge in [-0.1, -0.05) is 6.92 Å². The number of hydrazone groups is 1. The number of aromatic hydroxyl groups is 1. The second kappa shape index (κ2) is 5.74. The summed E-state index contributed by atoms with van der Waals surface area (Å²) in [5.74, 6) is 0.400. The number of hydrogen-bond acceptors (Lipinski definition) is 4. The molecule has 1 aromatic carbocycles. The van der Waals surface area contributed by atoms with Crippen LogP contribution < -0.4 is 15.9 Å². The molecule has 0 atom stereocenters. The van der Waals surface area contributed by atoms with E-state index in [1.165, 1.54) is 13.2 Å². The van der Waals surface area contributed by atoms with Crippen molar-refractivity contribution in [1.29, 1.82) is 0 Å². The summed E-state index contributed by atoms with van der Waals surface area (Å²) in [5, 5.41) is 13.3. The van der Waals surface area contributed by atoms with Crippen LogP contribution in [0.1, 0.15) is 18.9 Å². The molecule has 0 aromatic heterocycles. The number of urea groups is 1. The Labute approximate surface area is 99.1 Å². The summed E-state index contributed by atoms with van der Waals surface area (Å²) in [7, 11) is 1.46. The average Bonchev–Trinajstić information content (AvgIpc) is 2.31. The highest BCUT2D eigenvalue weighted by atomic mass is 16.5. The summed E-state index contributed by atoms with van der Waals surface area (Å²) in [4.78, 5) is 10.6. The number of primary amides is 1. The molecule has 0 heterocycles. The fourth-order valence-electron chi connectivity index (χ4n) is 1.33. The van der Waals surface area contributed by atoms with Gasteiger partial charge >= 0.3 is 6.03 Å². The van der Waals surface area contributed by atoms with E-state index in [0.717, 1.165) is 5.56 Å². The van der Waals surface area contributed by atoms with E-state index in [1.54, 1.807) is 12.1 Å². The summed E-state index contributed by atoms with van der Waals surface area (Å²) in [6.07, 6.45) is 0.605. The van der Waals surface area contributed by atoms with Crippen molar-refractivity contribution in [3.63, 3.8) is 0 Å². The number of carbonyl (C=O) groups excluding carboxylic acids is 1. The molecule has 0 saturated carbocycles. The number of hydrogen-bond donors (Lipinski definition) is 3. The number of rotatable bonds is 4. The lowest BCUT2D eigenvalue weighted by Gasteiger charge is -2.08. The summed E-state index contributed by atoms with van der Waals surface area (Å²) >= 11 is 0. The van der Waals surface area contributed by atoms with Gasteiger partial charge in [-0.15, -0.1) is 0 Å². The molecule has 0 fully saturated rings. The first kappa shape index (κ1) is 12.8. The number of benzene rings is 1. The molecule has 1 aromatic rings. The standard InChI is InChI=1S/C11H15N3O3/c1-3-8(13-14-11(12)16)7-4-5-9(15)10(6-7)17-2/h4-6,15H,3H2,1-2H3,(H3,12,14,16)/b13-8-. The molecule has 0 unspecified atom stereocenters. The number of nitrogens with zero attached hydrogens (tertiary/aromatic N) is 1. The van der Waals surface area contributed by atoms with Gasteiger partial charge in [0.05, 0.1) is 12.8 Å². The predicted molar refractivity (Wildman–Crippen MR) is 64.2 cm³/mol. The Kier molecular flexibility index (Phi) is 4.33. The third-order valence-electron chi connectivity index (χ3n) is 2.15. The number of amides is 2. The molecular weight excluding hydrogens is 222 g/mol.